The smallest absolute Gasteiger partial charge is 0.119 e. The van der Waals surface area contributed by atoms with E-state index in [-0.39, 0.29) is 42.6 Å². The summed E-state index contributed by atoms with van der Waals surface area (Å²) < 4.78 is 42.2. The van der Waals surface area contributed by atoms with Crippen molar-refractivity contribution >= 4 is 0 Å². The van der Waals surface area contributed by atoms with Gasteiger partial charge in [0.05, 0.1) is 12.1 Å². The first-order chi connectivity index (χ1) is 10.8. The van der Waals surface area contributed by atoms with E-state index in [1.807, 2.05) is 13.8 Å². The number of ether oxygens (including phenoxy) is 2. The Morgan fingerprint density at radius 2 is 2.00 bits per heavy atom. The Labute approximate surface area is 121 Å². The molecule has 0 amide bonds. The summed E-state index contributed by atoms with van der Waals surface area (Å²) >= 11 is 0. The fourth-order valence-corrected chi connectivity index (χ4v) is 1.34. The van der Waals surface area contributed by atoms with E-state index in [9.17, 15) is 5.11 Å². The van der Waals surface area contributed by atoms with Gasteiger partial charge < -0.3 is 19.9 Å². The third kappa shape index (κ3) is 7.15. The SMILES string of the molecule is [2H]c1c([2H])c(OCC(O)CNC(C)C)c([2H])c([2H])c1CCOC. The van der Waals surface area contributed by atoms with Gasteiger partial charge in [0.2, 0.25) is 0 Å². The van der Waals surface area contributed by atoms with Crippen molar-refractivity contribution in [3.63, 3.8) is 0 Å². The summed E-state index contributed by atoms with van der Waals surface area (Å²) in [6.07, 6.45) is -0.500. The minimum atomic E-state index is -0.798. The first kappa shape index (κ1) is 10.7. The molecule has 0 saturated carbocycles. The Bertz CT molecular complexity index is 497. The Hall–Kier alpha value is -1.10. The molecule has 0 spiro atoms. The molecule has 1 unspecified atom stereocenters. The highest BCUT2D eigenvalue weighted by Gasteiger charge is 2.05. The van der Waals surface area contributed by atoms with Gasteiger partial charge in [-0.2, -0.15) is 0 Å². The summed E-state index contributed by atoms with van der Waals surface area (Å²) in [4.78, 5) is 0. The molecule has 0 saturated heterocycles. The highest BCUT2D eigenvalue weighted by Crippen LogP contribution is 2.12. The van der Waals surface area contributed by atoms with Crippen molar-refractivity contribution in [2.45, 2.75) is 32.4 Å². The molecule has 4 heteroatoms. The van der Waals surface area contributed by atoms with Crippen LogP contribution in [0.4, 0.5) is 0 Å². The number of rotatable bonds is 9. The molecule has 0 fully saturated rings. The third-order valence-electron chi connectivity index (χ3n) is 2.39. The molecule has 1 aromatic carbocycles. The predicted molar refractivity (Wildman–Crippen MR) is 76.7 cm³/mol. The molecule has 2 N–H and O–H groups in total. The molecule has 19 heavy (non-hydrogen) atoms. The molecule has 0 aliphatic rings. The maximum absolute atomic E-state index is 9.83. The van der Waals surface area contributed by atoms with E-state index in [1.54, 1.807) is 0 Å². The minimum absolute atomic E-state index is 0.103. The van der Waals surface area contributed by atoms with Crippen LogP contribution in [0.2, 0.25) is 0 Å². The molecule has 0 heterocycles. The lowest BCUT2D eigenvalue weighted by molar-refractivity contribution is 0.104. The number of benzene rings is 1. The lowest BCUT2D eigenvalue weighted by Gasteiger charge is -2.15. The van der Waals surface area contributed by atoms with E-state index in [2.05, 4.69) is 5.32 Å². The van der Waals surface area contributed by atoms with Gasteiger partial charge in [0.15, 0.2) is 0 Å². The van der Waals surface area contributed by atoms with Crippen LogP contribution < -0.4 is 10.1 Å². The molecule has 1 aromatic rings. The van der Waals surface area contributed by atoms with Gasteiger partial charge in [0.25, 0.3) is 0 Å². The Morgan fingerprint density at radius 3 is 2.58 bits per heavy atom. The van der Waals surface area contributed by atoms with Crippen molar-refractivity contribution in [1.82, 2.24) is 5.32 Å². The van der Waals surface area contributed by atoms with Crippen LogP contribution in [0.5, 0.6) is 5.75 Å². The predicted octanol–water partition coefficient (Wildman–Crippen LogP) is 1.61. The van der Waals surface area contributed by atoms with Crippen LogP contribution in [0.25, 0.3) is 0 Å². The minimum Gasteiger partial charge on any atom is -0.491 e. The van der Waals surface area contributed by atoms with E-state index in [4.69, 9.17) is 15.0 Å². The number of aliphatic hydroxyl groups is 1. The molecule has 0 aromatic heterocycles. The zero-order valence-corrected chi connectivity index (χ0v) is 11.7. The van der Waals surface area contributed by atoms with Crippen LogP contribution >= 0.6 is 0 Å². The van der Waals surface area contributed by atoms with Gasteiger partial charge in [-0.25, -0.2) is 0 Å². The first-order valence-electron chi connectivity index (χ1n) is 8.41. The number of hydrogen-bond acceptors (Lipinski definition) is 4. The van der Waals surface area contributed by atoms with Crippen molar-refractivity contribution in [3.8, 4) is 5.75 Å². The molecule has 0 aliphatic heterocycles. The first-order valence-corrected chi connectivity index (χ1v) is 6.41. The highest BCUT2D eigenvalue weighted by molar-refractivity contribution is 5.27. The van der Waals surface area contributed by atoms with E-state index < -0.39 is 6.10 Å². The summed E-state index contributed by atoms with van der Waals surface area (Å²) in [6, 6.07) is -0.509. The van der Waals surface area contributed by atoms with Crippen LogP contribution in [-0.2, 0) is 11.2 Å². The van der Waals surface area contributed by atoms with E-state index in [0.29, 0.717) is 25.1 Å². The molecule has 1 rings (SSSR count). The summed E-state index contributed by atoms with van der Waals surface area (Å²) in [5.41, 5.74) is 0.302. The number of aliphatic hydroxyl groups excluding tert-OH is 1. The van der Waals surface area contributed by atoms with Crippen molar-refractivity contribution in [1.29, 1.82) is 0 Å². The molecule has 1 atom stereocenters. The van der Waals surface area contributed by atoms with Crippen molar-refractivity contribution in [2.24, 2.45) is 0 Å². The summed E-state index contributed by atoms with van der Waals surface area (Å²) in [5, 5.41) is 12.9. The molecule has 4 nitrogen and oxygen atoms in total. The molecule has 0 aliphatic carbocycles. The fraction of sp³-hybridized carbons (Fsp3) is 0.600. The van der Waals surface area contributed by atoms with Crippen LogP contribution in [0, 0.1) is 0 Å². The van der Waals surface area contributed by atoms with Gasteiger partial charge in [-0.15, -0.1) is 0 Å². The average molecular weight is 271 g/mol. The standard InChI is InChI=1S/C15H25NO3/c1-12(2)16-10-14(17)11-19-15-6-4-13(5-7-15)8-9-18-3/h4-7,12,14,16-17H,8-11H2,1-3H3/i4D,5D,6D,7D. The van der Waals surface area contributed by atoms with E-state index in [0.717, 1.165) is 0 Å². The van der Waals surface area contributed by atoms with Crippen LogP contribution in [0.1, 0.15) is 24.9 Å². The van der Waals surface area contributed by atoms with Gasteiger partial charge in [0, 0.05) is 19.7 Å². The largest absolute Gasteiger partial charge is 0.491 e. The van der Waals surface area contributed by atoms with Gasteiger partial charge in [0.1, 0.15) is 18.5 Å². The maximum Gasteiger partial charge on any atom is 0.119 e. The van der Waals surface area contributed by atoms with Gasteiger partial charge in [-0.05, 0) is 24.1 Å². The maximum atomic E-state index is 9.83. The summed E-state index contributed by atoms with van der Waals surface area (Å²) in [7, 11) is 1.51. The van der Waals surface area contributed by atoms with Gasteiger partial charge in [-0.1, -0.05) is 25.9 Å². The lowest BCUT2D eigenvalue weighted by Crippen LogP contribution is -2.35. The summed E-state index contributed by atoms with van der Waals surface area (Å²) in [6.45, 7) is 4.44. The zero-order valence-electron chi connectivity index (χ0n) is 15.7. The Kier molecular flexibility index (Phi) is 5.00. The molecule has 0 radical (unpaired) electrons. The summed E-state index contributed by atoms with van der Waals surface area (Å²) in [5.74, 6) is -0.134. The fourth-order valence-electron chi connectivity index (χ4n) is 1.34. The molecule has 0 bridgehead atoms. The Balaban J connectivity index is 2.87. The van der Waals surface area contributed by atoms with E-state index >= 15 is 0 Å². The second kappa shape index (κ2) is 8.91. The topological polar surface area (TPSA) is 50.7 Å². The second-order valence-corrected chi connectivity index (χ2v) is 4.58. The quantitative estimate of drug-likeness (QED) is 0.716. The van der Waals surface area contributed by atoms with Crippen molar-refractivity contribution in [2.75, 3.05) is 26.9 Å². The second-order valence-electron chi connectivity index (χ2n) is 4.58. The van der Waals surface area contributed by atoms with Gasteiger partial charge in [-0.3, -0.25) is 0 Å². The highest BCUT2D eigenvalue weighted by atomic mass is 16.5. The van der Waals surface area contributed by atoms with Crippen LogP contribution in [0.15, 0.2) is 24.2 Å². The lowest BCUT2D eigenvalue weighted by atomic mass is 10.1. The van der Waals surface area contributed by atoms with Crippen molar-refractivity contribution < 1.29 is 20.1 Å². The Morgan fingerprint density at radius 1 is 1.32 bits per heavy atom. The molecule has 108 valence electrons. The zero-order chi connectivity index (χ0) is 17.6. The van der Waals surface area contributed by atoms with Gasteiger partial charge >= 0.3 is 0 Å². The monoisotopic (exact) mass is 271 g/mol. The number of hydrogen-bond donors (Lipinski definition) is 2. The molecular weight excluding hydrogens is 242 g/mol. The third-order valence-corrected chi connectivity index (χ3v) is 2.39. The van der Waals surface area contributed by atoms with Crippen LogP contribution in [0.3, 0.4) is 0 Å². The number of nitrogens with one attached hydrogen (secondary N) is 1. The van der Waals surface area contributed by atoms with E-state index in [1.165, 1.54) is 7.11 Å². The normalized spacial score (nSPS) is 15.6. The number of methoxy groups -OCH3 is 1. The van der Waals surface area contributed by atoms with Crippen molar-refractivity contribution in [3.05, 3.63) is 29.7 Å². The van der Waals surface area contributed by atoms with Crippen LogP contribution in [-0.4, -0.2) is 44.1 Å². The average Bonchev–Trinajstić information content (AvgIpc) is 2.51. The molecular formula is C15H25NO3.